The second kappa shape index (κ2) is 5.61. The van der Waals surface area contributed by atoms with Crippen LogP contribution in [0.2, 0.25) is 0 Å². The maximum absolute atomic E-state index is 13.4. The Kier molecular flexibility index (Phi) is 4.43. The molecule has 0 aliphatic heterocycles. The molecule has 0 aromatic heterocycles. The van der Waals surface area contributed by atoms with Gasteiger partial charge >= 0.3 is 0 Å². The fourth-order valence-corrected chi connectivity index (χ4v) is 1.43. The summed E-state index contributed by atoms with van der Waals surface area (Å²) in [4.78, 5) is 11.3. The first-order valence-electron chi connectivity index (χ1n) is 5.01. The van der Waals surface area contributed by atoms with E-state index in [9.17, 15) is 9.18 Å². The zero-order valence-corrected chi connectivity index (χ0v) is 9.62. The monoisotopic (exact) mass is 226 g/mol. The minimum Gasteiger partial charge on any atom is -0.487 e. The van der Waals surface area contributed by atoms with Crippen molar-refractivity contribution in [2.24, 2.45) is 0 Å². The summed E-state index contributed by atoms with van der Waals surface area (Å²) in [5, 5.41) is 0. The van der Waals surface area contributed by atoms with Gasteiger partial charge in [-0.25, -0.2) is 4.39 Å². The summed E-state index contributed by atoms with van der Waals surface area (Å²) in [5.41, 5.74) is -0.00884. The van der Waals surface area contributed by atoms with Gasteiger partial charge in [-0.2, -0.15) is 0 Å². The lowest BCUT2D eigenvalue weighted by atomic mass is 10.1. The molecule has 0 saturated heterocycles. The number of hydrogen-bond donors (Lipinski definition) is 0. The predicted molar refractivity (Wildman–Crippen MR) is 58.4 cm³/mol. The molecule has 1 atom stereocenters. The van der Waals surface area contributed by atoms with E-state index in [4.69, 9.17) is 9.47 Å². The van der Waals surface area contributed by atoms with Crippen molar-refractivity contribution in [2.75, 3.05) is 13.7 Å². The van der Waals surface area contributed by atoms with Crippen molar-refractivity contribution >= 4 is 5.78 Å². The van der Waals surface area contributed by atoms with E-state index >= 15 is 0 Å². The molecule has 0 bridgehead atoms. The van der Waals surface area contributed by atoms with Crippen LogP contribution < -0.4 is 4.74 Å². The van der Waals surface area contributed by atoms with E-state index in [0.29, 0.717) is 6.61 Å². The van der Waals surface area contributed by atoms with Crippen molar-refractivity contribution in [1.82, 2.24) is 0 Å². The number of benzene rings is 1. The molecule has 0 N–H and O–H groups in total. The highest BCUT2D eigenvalue weighted by Gasteiger charge is 2.15. The number of rotatable bonds is 5. The molecule has 1 rings (SSSR count). The van der Waals surface area contributed by atoms with Crippen molar-refractivity contribution in [2.45, 2.75) is 20.0 Å². The molecule has 3 nitrogen and oxygen atoms in total. The summed E-state index contributed by atoms with van der Waals surface area (Å²) in [5.74, 6) is -0.649. The van der Waals surface area contributed by atoms with Gasteiger partial charge in [0, 0.05) is 7.11 Å². The van der Waals surface area contributed by atoms with Gasteiger partial charge < -0.3 is 9.47 Å². The third-order valence-corrected chi connectivity index (χ3v) is 2.06. The minimum atomic E-state index is -0.561. The third kappa shape index (κ3) is 3.03. The second-order valence-corrected chi connectivity index (χ2v) is 3.55. The van der Waals surface area contributed by atoms with Crippen LogP contribution in [0.1, 0.15) is 24.2 Å². The molecule has 1 unspecified atom stereocenters. The maximum Gasteiger partial charge on any atom is 0.166 e. The molecular formula is C12H15FO3. The van der Waals surface area contributed by atoms with Crippen LogP contribution in [0, 0.1) is 5.82 Å². The first-order chi connectivity index (χ1) is 7.56. The lowest BCUT2D eigenvalue weighted by Gasteiger charge is -2.16. The average Bonchev–Trinajstić information content (AvgIpc) is 2.17. The third-order valence-electron chi connectivity index (χ3n) is 2.06. The summed E-state index contributed by atoms with van der Waals surface area (Å²) in [7, 11) is 1.55. The Morgan fingerprint density at radius 2 is 2.19 bits per heavy atom. The van der Waals surface area contributed by atoms with Gasteiger partial charge in [-0.3, -0.25) is 4.79 Å². The highest BCUT2D eigenvalue weighted by Crippen LogP contribution is 2.23. The Labute approximate surface area is 94.2 Å². The van der Waals surface area contributed by atoms with Gasteiger partial charge in [0.1, 0.15) is 17.7 Å². The summed E-state index contributed by atoms with van der Waals surface area (Å²) >= 11 is 0. The SMILES string of the molecule is COCC(C)Oc1cccc(F)c1C(C)=O. The van der Waals surface area contributed by atoms with Crippen molar-refractivity contribution in [3.05, 3.63) is 29.6 Å². The molecule has 1 aromatic rings. The topological polar surface area (TPSA) is 35.5 Å². The minimum absolute atomic E-state index is 0.00884. The number of halogens is 1. The molecule has 4 heteroatoms. The number of ether oxygens (including phenoxy) is 2. The Bertz CT molecular complexity index is 377. The standard InChI is InChI=1S/C12H15FO3/c1-8(7-15-3)16-11-6-4-5-10(13)12(11)9(2)14/h4-6,8H,7H2,1-3H3. The van der Waals surface area contributed by atoms with Gasteiger partial charge in [0.2, 0.25) is 0 Å². The average molecular weight is 226 g/mol. The van der Waals surface area contributed by atoms with Gasteiger partial charge in [0.05, 0.1) is 12.2 Å². The molecule has 0 amide bonds. The van der Waals surface area contributed by atoms with Crippen LogP contribution in [0.15, 0.2) is 18.2 Å². The molecule has 0 fully saturated rings. The van der Waals surface area contributed by atoms with E-state index in [1.54, 1.807) is 20.1 Å². The van der Waals surface area contributed by atoms with Crippen LogP contribution in [-0.4, -0.2) is 25.6 Å². The van der Waals surface area contributed by atoms with Gasteiger partial charge in [0.15, 0.2) is 5.78 Å². The second-order valence-electron chi connectivity index (χ2n) is 3.55. The Morgan fingerprint density at radius 1 is 1.50 bits per heavy atom. The van der Waals surface area contributed by atoms with E-state index in [0.717, 1.165) is 0 Å². The summed E-state index contributed by atoms with van der Waals surface area (Å²) in [6, 6.07) is 4.33. The van der Waals surface area contributed by atoms with Gasteiger partial charge in [0.25, 0.3) is 0 Å². The van der Waals surface area contributed by atoms with E-state index in [1.165, 1.54) is 19.1 Å². The van der Waals surface area contributed by atoms with E-state index < -0.39 is 5.82 Å². The summed E-state index contributed by atoms with van der Waals surface area (Å²) < 4.78 is 23.7. The van der Waals surface area contributed by atoms with Crippen molar-refractivity contribution in [3.8, 4) is 5.75 Å². The number of ketones is 1. The number of hydrogen-bond acceptors (Lipinski definition) is 3. The van der Waals surface area contributed by atoms with E-state index in [2.05, 4.69) is 0 Å². The van der Waals surface area contributed by atoms with Gasteiger partial charge in [-0.05, 0) is 26.0 Å². The zero-order valence-electron chi connectivity index (χ0n) is 9.62. The first kappa shape index (κ1) is 12.6. The van der Waals surface area contributed by atoms with E-state index in [-0.39, 0.29) is 23.2 Å². The van der Waals surface area contributed by atoms with Crippen LogP contribution in [0.25, 0.3) is 0 Å². The van der Waals surface area contributed by atoms with Crippen molar-refractivity contribution in [1.29, 1.82) is 0 Å². The molecule has 0 spiro atoms. The molecule has 0 aliphatic rings. The Hall–Kier alpha value is -1.42. The largest absolute Gasteiger partial charge is 0.487 e. The van der Waals surface area contributed by atoms with Crippen LogP contribution >= 0.6 is 0 Å². The normalized spacial score (nSPS) is 12.2. The zero-order chi connectivity index (χ0) is 12.1. The first-order valence-corrected chi connectivity index (χ1v) is 5.01. The summed E-state index contributed by atoms with van der Waals surface area (Å²) in [6.07, 6.45) is -0.232. The number of carbonyl (C=O) groups excluding carboxylic acids is 1. The lowest BCUT2D eigenvalue weighted by Crippen LogP contribution is -2.19. The van der Waals surface area contributed by atoms with Gasteiger partial charge in [-0.15, -0.1) is 0 Å². The van der Waals surface area contributed by atoms with Crippen LogP contribution in [0.4, 0.5) is 4.39 Å². The Morgan fingerprint density at radius 3 is 2.75 bits per heavy atom. The molecular weight excluding hydrogens is 211 g/mol. The molecule has 0 saturated carbocycles. The van der Waals surface area contributed by atoms with Crippen LogP contribution in [0.3, 0.4) is 0 Å². The van der Waals surface area contributed by atoms with Gasteiger partial charge in [-0.1, -0.05) is 6.07 Å². The smallest absolute Gasteiger partial charge is 0.166 e. The summed E-state index contributed by atoms with van der Waals surface area (Å²) in [6.45, 7) is 3.48. The van der Waals surface area contributed by atoms with E-state index in [1.807, 2.05) is 0 Å². The number of methoxy groups -OCH3 is 1. The Balaban J connectivity index is 2.95. The molecule has 16 heavy (non-hydrogen) atoms. The van der Waals surface area contributed by atoms with Crippen LogP contribution in [0.5, 0.6) is 5.75 Å². The van der Waals surface area contributed by atoms with Crippen molar-refractivity contribution < 1.29 is 18.7 Å². The number of carbonyl (C=O) groups is 1. The quantitative estimate of drug-likeness (QED) is 0.723. The maximum atomic E-state index is 13.4. The van der Waals surface area contributed by atoms with Crippen molar-refractivity contribution in [3.63, 3.8) is 0 Å². The van der Waals surface area contributed by atoms with Crippen LogP contribution in [-0.2, 0) is 4.74 Å². The number of Topliss-reactive ketones (excluding diaryl/α,β-unsaturated/α-hetero) is 1. The highest BCUT2D eigenvalue weighted by molar-refractivity contribution is 5.97. The highest BCUT2D eigenvalue weighted by atomic mass is 19.1. The fraction of sp³-hybridized carbons (Fsp3) is 0.417. The molecule has 88 valence electrons. The molecule has 0 radical (unpaired) electrons. The fourth-order valence-electron chi connectivity index (χ4n) is 1.43. The molecule has 0 heterocycles. The lowest BCUT2D eigenvalue weighted by molar-refractivity contribution is 0.0884. The predicted octanol–water partition coefficient (Wildman–Crippen LogP) is 2.44. The molecule has 0 aliphatic carbocycles. The molecule has 1 aromatic carbocycles.